The molecule has 0 atom stereocenters. The van der Waals surface area contributed by atoms with Crippen molar-refractivity contribution >= 4 is 17.8 Å². The molecule has 2 rings (SSSR count). The normalized spacial score (nSPS) is 10.6. The van der Waals surface area contributed by atoms with Crippen LogP contribution in [0.15, 0.2) is 47.6 Å². The van der Waals surface area contributed by atoms with E-state index < -0.39 is 0 Å². The average molecular weight is 355 g/mol. The van der Waals surface area contributed by atoms with E-state index in [4.69, 9.17) is 9.47 Å². The second-order valence-electron chi connectivity index (χ2n) is 5.56. The minimum Gasteiger partial charge on any atom is -0.497 e. The number of rotatable bonds is 8. The Bertz CT molecular complexity index is 731. The highest BCUT2D eigenvalue weighted by molar-refractivity contribution is 5.95. The molecule has 0 fully saturated rings. The van der Waals surface area contributed by atoms with Crippen LogP contribution in [0.4, 0.5) is 5.69 Å². The Kier molecular flexibility index (Phi) is 7.02. The van der Waals surface area contributed by atoms with Crippen molar-refractivity contribution in [2.45, 2.75) is 13.8 Å². The molecule has 138 valence electrons. The number of amides is 1. The van der Waals surface area contributed by atoms with Crippen molar-refractivity contribution in [3.63, 3.8) is 0 Å². The lowest BCUT2D eigenvalue weighted by Crippen LogP contribution is -2.22. The summed E-state index contributed by atoms with van der Waals surface area (Å²) in [7, 11) is 3.17. The molecule has 0 bridgehead atoms. The maximum absolute atomic E-state index is 12.2. The molecule has 0 aliphatic rings. The molecular formula is C20H25N3O3. The molecule has 1 amide bonds. The van der Waals surface area contributed by atoms with E-state index in [1.54, 1.807) is 50.8 Å². The monoisotopic (exact) mass is 355 g/mol. The van der Waals surface area contributed by atoms with Crippen LogP contribution in [-0.4, -0.2) is 39.4 Å². The summed E-state index contributed by atoms with van der Waals surface area (Å²) in [5, 5.41) is 4.01. The summed E-state index contributed by atoms with van der Waals surface area (Å²) >= 11 is 0. The van der Waals surface area contributed by atoms with Crippen LogP contribution in [0, 0.1) is 0 Å². The smallest absolute Gasteiger partial charge is 0.271 e. The number of carbonyl (C=O) groups is 1. The fourth-order valence-corrected chi connectivity index (χ4v) is 2.55. The Labute approximate surface area is 154 Å². The second kappa shape index (κ2) is 9.46. The van der Waals surface area contributed by atoms with Crippen LogP contribution in [0.1, 0.15) is 29.8 Å². The molecule has 1 N–H and O–H groups in total. The van der Waals surface area contributed by atoms with E-state index in [9.17, 15) is 4.79 Å². The Balaban J connectivity index is 2.03. The predicted octanol–water partition coefficient (Wildman–Crippen LogP) is 3.31. The van der Waals surface area contributed by atoms with Crippen LogP contribution in [0.2, 0.25) is 0 Å². The summed E-state index contributed by atoms with van der Waals surface area (Å²) in [5.41, 5.74) is 4.95. The van der Waals surface area contributed by atoms with Crippen molar-refractivity contribution in [3.05, 3.63) is 53.6 Å². The first kappa shape index (κ1) is 19.3. The van der Waals surface area contributed by atoms with Crippen molar-refractivity contribution in [2.24, 2.45) is 5.10 Å². The molecule has 2 aromatic carbocycles. The molecular weight excluding hydrogens is 330 g/mol. The lowest BCUT2D eigenvalue weighted by atomic mass is 10.2. The maximum atomic E-state index is 12.2. The number of nitrogens with zero attached hydrogens (tertiary/aromatic N) is 2. The minimum absolute atomic E-state index is 0.262. The summed E-state index contributed by atoms with van der Waals surface area (Å²) < 4.78 is 10.4. The van der Waals surface area contributed by atoms with Gasteiger partial charge in [-0.25, -0.2) is 5.43 Å². The predicted molar refractivity (Wildman–Crippen MR) is 105 cm³/mol. The number of methoxy groups -OCH3 is 2. The van der Waals surface area contributed by atoms with Gasteiger partial charge in [0, 0.05) is 36.0 Å². The summed E-state index contributed by atoms with van der Waals surface area (Å²) in [6, 6.07) is 12.9. The number of anilines is 1. The number of hydrogen-bond acceptors (Lipinski definition) is 5. The number of carbonyl (C=O) groups excluding carboxylic acids is 1. The quantitative estimate of drug-likeness (QED) is 0.583. The largest absolute Gasteiger partial charge is 0.497 e. The van der Waals surface area contributed by atoms with Gasteiger partial charge in [0.05, 0.1) is 20.4 Å². The van der Waals surface area contributed by atoms with E-state index >= 15 is 0 Å². The standard InChI is InChI=1S/C20H25N3O3/c1-5-23(6-2)17-9-7-16(8-10-17)20(24)22-21-14-15-11-18(25-3)13-19(12-15)26-4/h7-14H,5-6H2,1-4H3,(H,22,24)/b21-14-. The third-order valence-corrected chi connectivity index (χ3v) is 4.01. The zero-order valence-electron chi connectivity index (χ0n) is 15.7. The van der Waals surface area contributed by atoms with Gasteiger partial charge in [0.1, 0.15) is 11.5 Å². The number of benzene rings is 2. The van der Waals surface area contributed by atoms with E-state index in [2.05, 4.69) is 29.3 Å². The number of hydrazone groups is 1. The van der Waals surface area contributed by atoms with Crippen LogP contribution < -0.4 is 19.8 Å². The van der Waals surface area contributed by atoms with Crippen molar-refractivity contribution in [1.29, 1.82) is 0 Å². The summed E-state index contributed by atoms with van der Waals surface area (Å²) in [5.74, 6) is 1.05. The maximum Gasteiger partial charge on any atom is 0.271 e. The van der Waals surface area contributed by atoms with Gasteiger partial charge < -0.3 is 14.4 Å². The van der Waals surface area contributed by atoms with Gasteiger partial charge in [-0.05, 0) is 50.2 Å². The Hall–Kier alpha value is -3.02. The molecule has 0 radical (unpaired) electrons. The first-order valence-corrected chi connectivity index (χ1v) is 8.52. The van der Waals surface area contributed by atoms with Crippen LogP contribution in [0.5, 0.6) is 11.5 Å². The van der Waals surface area contributed by atoms with Crippen LogP contribution in [-0.2, 0) is 0 Å². The third-order valence-electron chi connectivity index (χ3n) is 4.01. The van der Waals surface area contributed by atoms with E-state index in [1.165, 1.54) is 0 Å². The molecule has 2 aromatic rings. The second-order valence-corrected chi connectivity index (χ2v) is 5.56. The molecule has 0 aromatic heterocycles. The highest BCUT2D eigenvalue weighted by atomic mass is 16.5. The zero-order valence-corrected chi connectivity index (χ0v) is 15.7. The molecule has 6 heteroatoms. The molecule has 0 aliphatic heterocycles. The van der Waals surface area contributed by atoms with Crippen LogP contribution >= 0.6 is 0 Å². The van der Waals surface area contributed by atoms with Gasteiger partial charge in [-0.3, -0.25) is 4.79 Å². The molecule has 0 aliphatic carbocycles. The van der Waals surface area contributed by atoms with Crippen molar-refractivity contribution in [2.75, 3.05) is 32.2 Å². The van der Waals surface area contributed by atoms with Crippen molar-refractivity contribution in [3.8, 4) is 11.5 Å². The first-order valence-electron chi connectivity index (χ1n) is 8.52. The summed E-state index contributed by atoms with van der Waals surface area (Å²) in [6.07, 6.45) is 1.55. The van der Waals surface area contributed by atoms with Gasteiger partial charge in [-0.2, -0.15) is 5.10 Å². The summed E-state index contributed by atoms with van der Waals surface area (Å²) in [4.78, 5) is 14.4. The van der Waals surface area contributed by atoms with Gasteiger partial charge in [0.2, 0.25) is 0 Å². The minimum atomic E-state index is -0.262. The van der Waals surface area contributed by atoms with Crippen LogP contribution in [0.3, 0.4) is 0 Å². The lowest BCUT2D eigenvalue weighted by Gasteiger charge is -2.20. The van der Waals surface area contributed by atoms with Crippen LogP contribution in [0.25, 0.3) is 0 Å². The van der Waals surface area contributed by atoms with E-state index in [0.29, 0.717) is 17.1 Å². The summed E-state index contributed by atoms with van der Waals surface area (Å²) in [6.45, 7) is 6.06. The molecule has 0 saturated heterocycles. The molecule has 0 heterocycles. The van der Waals surface area contributed by atoms with E-state index in [-0.39, 0.29) is 5.91 Å². The van der Waals surface area contributed by atoms with E-state index in [1.807, 2.05) is 12.1 Å². The zero-order chi connectivity index (χ0) is 18.9. The molecule has 0 unspecified atom stereocenters. The molecule has 0 spiro atoms. The number of nitrogens with one attached hydrogen (secondary N) is 1. The SMILES string of the molecule is CCN(CC)c1ccc(C(=O)N/N=C\c2cc(OC)cc(OC)c2)cc1. The van der Waals surface area contributed by atoms with Crippen molar-refractivity contribution in [1.82, 2.24) is 5.43 Å². The fraction of sp³-hybridized carbons (Fsp3) is 0.300. The van der Waals surface area contributed by atoms with Gasteiger partial charge in [0.25, 0.3) is 5.91 Å². The third kappa shape index (κ3) is 4.99. The van der Waals surface area contributed by atoms with Gasteiger partial charge in [-0.15, -0.1) is 0 Å². The van der Waals surface area contributed by atoms with E-state index in [0.717, 1.165) is 24.3 Å². The lowest BCUT2D eigenvalue weighted by molar-refractivity contribution is 0.0955. The first-order chi connectivity index (χ1) is 12.6. The number of hydrogen-bond donors (Lipinski definition) is 1. The fourth-order valence-electron chi connectivity index (χ4n) is 2.55. The Morgan fingerprint density at radius 1 is 1.04 bits per heavy atom. The highest BCUT2D eigenvalue weighted by Gasteiger charge is 2.06. The average Bonchev–Trinajstić information content (AvgIpc) is 2.69. The molecule has 0 saturated carbocycles. The van der Waals surface area contributed by atoms with Gasteiger partial charge in [-0.1, -0.05) is 0 Å². The number of ether oxygens (including phenoxy) is 2. The Morgan fingerprint density at radius 3 is 2.12 bits per heavy atom. The van der Waals surface area contributed by atoms with Crippen molar-refractivity contribution < 1.29 is 14.3 Å². The topological polar surface area (TPSA) is 63.2 Å². The molecule has 6 nitrogen and oxygen atoms in total. The Morgan fingerprint density at radius 2 is 1.62 bits per heavy atom. The van der Waals surface area contributed by atoms with Gasteiger partial charge in [0.15, 0.2) is 0 Å². The highest BCUT2D eigenvalue weighted by Crippen LogP contribution is 2.21. The van der Waals surface area contributed by atoms with Gasteiger partial charge >= 0.3 is 0 Å². The molecule has 26 heavy (non-hydrogen) atoms.